The van der Waals surface area contributed by atoms with Gasteiger partial charge in [-0.2, -0.15) is 0 Å². The van der Waals surface area contributed by atoms with Gasteiger partial charge in [-0.15, -0.1) is 22.7 Å². The first-order valence-electron chi connectivity index (χ1n) is 6.03. The number of rotatable bonds is 3. The molecule has 0 unspecified atom stereocenters. The fourth-order valence-corrected chi connectivity index (χ4v) is 4.72. The standard InChI is InChI=1S/C14H10Br2N2OS2/c15-7-1-2-11-10(4-7)12(17)13(21-11)14(19)18-5-9-3-8(16)6-20-9/h1-4,6H,5,17H2,(H,18,19). The van der Waals surface area contributed by atoms with Crippen molar-refractivity contribution in [2.24, 2.45) is 0 Å². The SMILES string of the molecule is Nc1c(C(=O)NCc2cc(Br)cs2)sc2ccc(Br)cc12. The number of anilines is 1. The molecule has 0 radical (unpaired) electrons. The molecule has 0 aliphatic rings. The van der Waals surface area contributed by atoms with Gasteiger partial charge < -0.3 is 11.1 Å². The van der Waals surface area contributed by atoms with Gasteiger partial charge in [0.05, 0.1) is 12.2 Å². The average molecular weight is 446 g/mol. The van der Waals surface area contributed by atoms with Gasteiger partial charge >= 0.3 is 0 Å². The lowest BCUT2D eigenvalue weighted by Gasteiger charge is -2.02. The first kappa shape index (κ1) is 15.0. The van der Waals surface area contributed by atoms with E-state index in [0.29, 0.717) is 17.1 Å². The van der Waals surface area contributed by atoms with E-state index in [-0.39, 0.29) is 5.91 Å². The lowest BCUT2D eigenvalue weighted by Crippen LogP contribution is -2.22. The Morgan fingerprint density at radius 2 is 2.05 bits per heavy atom. The molecule has 0 aliphatic heterocycles. The predicted molar refractivity (Wildman–Crippen MR) is 97.1 cm³/mol. The van der Waals surface area contributed by atoms with Crippen molar-refractivity contribution in [1.82, 2.24) is 5.32 Å². The Hall–Kier alpha value is -0.890. The van der Waals surface area contributed by atoms with Crippen LogP contribution in [-0.4, -0.2) is 5.91 Å². The number of hydrogen-bond donors (Lipinski definition) is 2. The zero-order valence-corrected chi connectivity index (χ0v) is 15.5. The first-order chi connectivity index (χ1) is 10.0. The smallest absolute Gasteiger partial charge is 0.263 e. The largest absolute Gasteiger partial charge is 0.397 e. The molecule has 0 bridgehead atoms. The molecule has 0 aliphatic carbocycles. The molecule has 3 N–H and O–H groups in total. The highest BCUT2D eigenvalue weighted by Crippen LogP contribution is 2.35. The zero-order valence-electron chi connectivity index (χ0n) is 10.7. The second kappa shape index (κ2) is 6.08. The van der Waals surface area contributed by atoms with Crippen molar-refractivity contribution in [3.63, 3.8) is 0 Å². The first-order valence-corrected chi connectivity index (χ1v) is 9.31. The van der Waals surface area contributed by atoms with E-state index >= 15 is 0 Å². The Labute approximate surface area is 146 Å². The minimum Gasteiger partial charge on any atom is -0.397 e. The van der Waals surface area contributed by atoms with E-state index in [0.717, 1.165) is 23.9 Å². The van der Waals surface area contributed by atoms with Gasteiger partial charge in [-0.3, -0.25) is 4.79 Å². The Bertz CT molecular complexity index is 826. The van der Waals surface area contributed by atoms with Crippen LogP contribution in [0.2, 0.25) is 0 Å². The van der Waals surface area contributed by atoms with Gasteiger partial charge in [-0.05, 0) is 40.2 Å². The number of hydrogen-bond acceptors (Lipinski definition) is 4. The number of halogens is 2. The third-order valence-electron chi connectivity index (χ3n) is 2.94. The summed E-state index contributed by atoms with van der Waals surface area (Å²) in [6.07, 6.45) is 0. The number of nitrogens with one attached hydrogen (secondary N) is 1. The van der Waals surface area contributed by atoms with Crippen LogP contribution in [0.5, 0.6) is 0 Å². The maximum absolute atomic E-state index is 12.3. The summed E-state index contributed by atoms with van der Waals surface area (Å²) >= 11 is 9.84. The number of carbonyl (C=O) groups excluding carboxylic acids is 1. The summed E-state index contributed by atoms with van der Waals surface area (Å²) in [6.45, 7) is 0.506. The van der Waals surface area contributed by atoms with Gasteiger partial charge in [-0.1, -0.05) is 15.9 Å². The monoisotopic (exact) mass is 444 g/mol. The van der Waals surface area contributed by atoms with E-state index in [1.54, 1.807) is 11.3 Å². The number of benzene rings is 1. The molecule has 3 aromatic rings. The van der Waals surface area contributed by atoms with Crippen molar-refractivity contribution in [1.29, 1.82) is 0 Å². The van der Waals surface area contributed by atoms with Crippen molar-refractivity contribution in [3.8, 4) is 0 Å². The van der Waals surface area contributed by atoms with Gasteiger partial charge in [0.2, 0.25) is 0 Å². The van der Waals surface area contributed by atoms with E-state index in [1.165, 1.54) is 11.3 Å². The van der Waals surface area contributed by atoms with Gasteiger partial charge in [0.15, 0.2) is 0 Å². The Morgan fingerprint density at radius 3 is 2.76 bits per heavy atom. The Kier molecular flexibility index (Phi) is 4.35. The highest BCUT2D eigenvalue weighted by atomic mass is 79.9. The van der Waals surface area contributed by atoms with Crippen LogP contribution in [0.15, 0.2) is 38.6 Å². The van der Waals surface area contributed by atoms with Crippen LogP contribution in [0.3, 0.4) is 0 Å². The van der Waals surface area contributed by atoms with Crippen LogP contribution in [0.25, 0.3) is 10.1 Å². The van der Waals surface area contributed by atoms with E-state index in [4.69, 9.17) is 5.73 Å². The molecule has 1 aromatic carbocycles. The van der Waals surface area contributed by atoms with E-state index < -0.39 is 0 Å². The van der Waals surface area contributed by atoms with Crippen LogP contribution >= 0.6 is 54.5 Å². The predicted octanol–water partition coefficient (Wildman–Crippen LogP) is 5.00. The molecule has 3 nitrogen and oxygen atoms in total. The number of nitrogen functional groups attached to an aromatic ring is 1. The number of carbonyl (C=O) groups is 1. The van der Waals surface area contributed by atoms with Gasteiger partial charge in [0, 0.05) is 29.3 Å². The molecule has 3 rings (SSSR count). The maximum atomic E-state index is 12.3. The quantitative estimate of drug-likeness (QED) is 0.595. The van der Waals surface area contributed by atoms with Crippen molar-refractivity contribution < 1.29 is 4.79 Å². The highest BCUT2D eigenvalue weighted by Gasteiger charge is 2.16. The van der Waals surface area contributed by atoms with Crippen molar-refractivity contribution in [2.45, 2.75) is 6.54 Å². The third-order valence-corrected chi connectivity index (χ3v) is 6.32. The molecule has 0 spiro atoms. The Balaban J connectivity index is 1.82. The molecule has 0 fully saturated rings. The van der Waals surface area contributed by atoms with E-state index in [9.17, 15) is 4.79 Å². The number of amides is 1. The summed E-state index contributed by atoms with van der Waals surface area (Å²) in [5, 5.41) is 5.82. The molecule has 2 aromatic heterocycles. The highest BCUT2D eigenvalue weighted by molar-refractivity contribution is 9.10. The lowest BCUT2D eigenvalue weighted by atomic mass is 10.2. The van der Waals surface area contributed by atoms with E-state index in [2.05, 4.69) is 37.2 Å². The van der Waals surface area contributed by atoms with Crippen molar-refractivity contribution >= 4 is 76.2 Å². The third kappa shape index (κ3) is 3.15. The summed E-state index contributed by atoms with van der Waals surface area (Å²) in [5.41, 5.74) is 6.65. The Morgan fingerprint density at radius 1 is 1.24 bits per heavy atom. The van der Waals surface area contributed by atoms with Crippen molar-refractivity contribution in [2.75, 3.05) is 5.73 Å². The fourth-order valence-electron chi connectivity index (χ4n) is 1.95. The summed E-state index contributed by atoms with van der Waals surface area (Å²) in [6, 6.07) is 7.85. The number of nitrogens with two attached hydrogens (primary N) is 1. The fraction of sp³-hybridized carbons (Fsp3) is 0.0714. The number of fused-ring (bicyclic) bond motifs is 1. The molecular weight excluding hydrogens is 436 g/mol. The van der Waals surface area contributed by atoms with Gasteiger partial charge in [0.1, 0.15) is 4.88 Å². The summed E-state index contributed by atoms with van der Waals surface area (Å²) in [4.78, 5) is 14.0. The maximum Gasteiger partial charge on any atom is 0.263 e. The van der Waals surface area contributed by atoms with Gasteiger partial charge in [-0.25, -0.2) is 0 Å². The minimum absolute atomic E-state index is 0.130. The second-order valence-corrected chi connectivity index (χ2v) is 8.28. The molecule has 2 heterocycles. The molecule has 0 saturated carbocycles. The zero-order chi connectivity index (χ0) is 15.0. The molecule has 108 valence electrons. The summed E-state index contributed by atoms with van der Waals surface area (Å²) < 4.78 is 3.00. The van der Waals surface area contributed by atoms with Crippen LogP contribution in [0, 0.1) is 0 Å². The average Bonchev–Trinajstić information content (AvgIpc) is 3.01. The lowest BCUT2D eigenvalue weighted by molar-refractivity contribution is 0.0956. The van der Waals surface area contributed by atoms with Crippen molar-refractivity contribution in [3.05, 3.63) is 48.3 Å². The second-order valence-electron chi connectivity index (χ2n) is 4.40. The molecule has 0 saturated heterocycles. The van der Waals surface area contributed by atoms with Gasteiger partial charge in [0.25, 0.3) is 5.91 Å². The summed E-state index contributed by atoms with van der Waals surface area (Å²) in [5.74, 6) is -0.130. The van der Waals surface area contributed by atoms with Crippen LogP contribution in [-0.2, 0) is 6.54 Å². The number of thiophene rings is 2. The van der Waals surface area contributed by atoms with Crippen LogP contribution in [0.1, 0.15) is 14.5 Å². The topological polar surface area (TPSA) is 55.1 Å². The van der Waals surface area contributed by atoms with Crippen LogP contribution < -0.4 is 11.1 Å². The normalized spacial score (nSPS) is 11.0. The summed E-state index contributed by atoms with van der Waals surface area (Å²) in [7, 11) is 0. The minimum atomic E-state index is -0.130. The van der Waals surface area contributed by atoms with E-state index in [1.807, 2.05) is 29.6 Å². The van der Waals surface area contributed by atoms with Crippen LogP contribution in [0.4, 0.5) is 5.69 Å². The molecule has 21 heavy (non-hydrogen) atoms. The molecule has 0 atom stereocenters. The molecular formula is C14H10Br2N2OS2. The molecule has 1 amide bonds. The molecule has 7 heteroatoms.